The number of fused-ring (bicyclic) bond motifs is 3. The summed E-state index contributed by atoms with van der Waals surface area (Å²) in [5.74, 6) is -2.54. The van der Waals surface area contributed by atoms with Gasteiger partial charge in [-0.3, -0.25) is 14.4 Å². The molecule has 2 aromatic carbocycles. The molecule has 9 heteroatoms. The average Bonchev–Trinajstić information content (AvgIpc) is 3.09. The highest BCUT2D eigenvalue weighted by molar-refractivity contribution is 5.91. The largest absolute Gasteiger partial charge is 0.480 e. The van der Waals surface area contributed by atoms with Gasteiger partial charge >= 0.3 is 12.1 Å². The Labute approximate surface area is 185 Å². The zero-order valence-corrected chi connectivity index (χ0v) is 17.8. The molecule has 0 unspecified atom stereocenters. The number of rotatable bonds is 8. The summed E-state index contributed by atoms with van der Waals surface area (Å²) in [5, 5.41) is 15.6. The van der Waals surface area contributed by atoms with Gasteiger partial charge in [0, 0.05) is 5.92 Å². The van der Waals surface area contributed by atoms with E-state index in [1.807, 2.05) is 48.5 Å². The molecule has 0 saturated carbocycles. The molecule has 168 valence electrons. The number of hydrogen-bond acceptors (Lipinski definition) is 5. The topological polar surface area (TPSA) is 134 Å². The van der Waals surface area contributed by atoms with Crippen molar-refractivity contribution in [3.63, 3.8) is 0 Å². The molecule has 9 nitrogen and oxygen atoms in total. The maximum Gasteiger partial charge on any atom is 0.407 e. The van der Waals surface area contributed by atoms with Crippen LogP contribution in [0.3, 0.4) is 0 Å². The molecule has 0 fully saturated rings. The number of hydrogen-bond donors (Lipinski definition) is 4. The second-order valence-corrected chi connectivity index (χ2v) is 7.53. The third-order valence-corrected chi connectivity index (χ3v) is 5.24. The van der Waals surface area contributed by atoms with Crippen LogP contribution >= 0.6 is 0 Å². The van der Waals surface area contributed by atoms with E-state index in [2.05, 4.69) is 16.0 Å². The van der Waals surface area contributed by atoms with Crippen molar-refractivity contribution in [3.8, 4) is 11.1 Å². The Morgan fingerprint density at radius 3 is 1.97 bits per heavy atom. The van der Waals surface area contributed by atoms with Crippen LogP contribution in [-0.2, 0) is 19.1 Å². The molecule has 32 heavy (non-hydrogen) atoms. The van der Waals surface area contributed by atoms with Crippen molar-refractivity contribution in [3.05, 3.63) is 59.7 Å². The molecular weight excluding hydrogens is 414 g/mol. The van der Waals surface area contributed by atoms with E-state index >= 15 is 0 Å². The lowest BCUT2D eigenvalue weighted by atomic mass is 9.98. The lowest BCUT2D eigenvalue weighted by Gasteiger charge is -2.19. The van der Waals surface area contributed by atoms with E-state index in [1.54, 1.807) is 0 Å². The van der Waals surface area contributed by atoms with E-state index in [4.69, 9.17) is 9.84 Å². The van der Waals surface area contributed by atoms with Crippen LogP contribution in [0.2, 0.25) is 0 Å². The minimum Gasteiger partial charge on any atom is -0.480 e. The van der Waals surface area contributed by atoms with Crippen LogP contribution in [0.25, 0.3) is 11.1 Å². The van der Waals surface area contributed by atoms with E-state index < -0.39 is 42.5 Å². The molecule has 0 spiro atoms. The van der Waals surface area contributed by atoms with Gasteiger partial charge in [-0.25, -0.2) is 4.79 Å². The van der Waals surface area contributed by atoms with Crippen molar-refractivity contribution in [2.75, 3.05) is 13.2 Å². The quantitative estimate of drug-likeness (QED) is 0.494. The number of amides is 3. The van der Waals surface area contributed by atoms with Crippen LogP contribution in [0.5, 0.6) is 0 Å². The van der Waals surface area contributed by atoms with Gasteiger partial charge in [-0.15, -0.1) is 0 Å². The predicted molar refractivity (Wildman–Crippen MR) is 116 cm³/mol. The fourth-order valence-electron chi connectivity index (χ4n) is 3.60. The molecule has 0 saturated heterocycles. The van der Waals surface area contributed by atoms with Gasteiger partial charge < -0.3 is 25.8 Å². The van der Waals surface area contributed by atoms with Gasteiger partial charge in [0.2, 0.25) is 11.8 Å². The Morgan fingerprint density at radius 2 is 1.41 bits per heavy atom. The number of aliphatic carboxylic acids is 1. The number of benzene rings is 2. The molecule has 2 atom stereocenters. The number of carbonyl (C=O) groups excluding carboxylic acids is 3. The fourth-order valence-corrected chi connectivity index (χ4v) is 3.60. The number of ether oxygens (including phenoxy) is 1. The Bertz CT molecular complexity index is 992. The second-order valence-electron chi connectivity index (χ2n) is 7.53. The minimum absolute atomic E-state index is 0.102. The van der Waals surface area contributed by atoms with Crippen molar-refractivity contribution >= 4 is 23.9 Å². The van der Waals surface area contributed by atoms with Crippen molar-refractivity contribution in [1.82, 2.24) is 16.0 Å². The number of alkyl carbamates (subject to hydrolysis) is 1. The summed E-state index contributed by atoms with van der Waals surface area (Å²) in [6.07, 6.45) is -0.752. The molecule has 1 aliphatic carbocycles. The standard InChI is InChI=1S/C23H25N3O6/c1-13(21(29)24-11-20(27)28)25-22(30)14(2)26-23(31)32-12-19-17-9-5-3-7-15(17)16-8-4-6-10-18(16)19/h3-10,13-14,19H,11-12H2,1-2H3,(H,24,29)(H,25,30)(H,26,31)(H,27,28)/t13-,14+/m0/s1. The highest BCUT2D eigenvalue weighted by atomic mass is 16.5. The van der Waals surface area contributed by atoms with E-state index in [9.17, 15) is 19.2 Å². The van der Waals surface area contributed by atoms with Crippen LogP contribution in [-0.4, -0.2) is 54.2 Å². The molecule has 4 N–H and O–H groups in total. The Balaban J connectivity index is 1.52. The normalized spacial score (nSPS) is 13.8. The Hall–Kier alpha value is -3.88. The van der Waals surface area contributed by atoms with Crippen molar-refractivity contribution in [2.45, 2.75) is 31.8 Å². The molecule has 0 bridgehead atoms. The van der Waals surface area contributed by atoms with Gasteiger partial charge in [0.1, 0.15) is 25.2 Å². The van der Waals surface area contributed by atoms with Gasteiger partial charge in [-0.1, -0.05) is 48.5 Å². The van der Waals surface area contributed by atoms with E-state index in [0.29, 0.717) is 0 Å². The molecule has 3 rings (SSSR count). The molecule has 0 radical (unpaired) electrons. The lowest BCUT2D eigenvalue weighted by molar-refractivity contribution is -0.138. The first-order chi connectivity index (χ1) is 15.3. The maximum atomic E-state index is 12.3. The number of carboxylic acid groups (broad SMARTS) is 1. The van der Waals surface area contributed by atoms with Crippen molar-refractivity contribution in [2.24, 2.45) is 0 Å². The zero-order valence-electron chi connectivity index (χ0n) is 17.8. The maximum absolute atomic E-state index is 12.3. The average molecular weight is 439 g/mol. The second kappa shape index (κ2) is 9.95. The van der Waals surface area contributed by atoms with Gasteiger partial charge in [-0.2, -0.15) is 0 Å². The van der Waals surface area contributed by atoms with Crippen molar-refractivity contribution in [1.29, 1.82) is 0 Å². The summed E-state index contributed by atoms with van der Waals surface area (Å²) < 4.78 is 5.40. The van der Waals surface area contributed by atoms with Crippen LogP contribution in [0.4, 0.5) is 4.79 Å². The predicted octanol–water partition coefficient (Wildman–Crippen LogP) is 1.62. The number of nitrogens with one attached hydrogen (secondary N) is 3. The first kappa shape index (κ1) is 22.8. The van der Waals surface area contributed by atoms with E-state index in [1.165, 1.54) is 13.8 Å². The molecule has 2 aromatic rings. The van der Waals surface area contributed by atoms with Gasteiger partial charge in [0.05, 0.1) is 0 Å². The van der Waals surface area contributed by atoms with Crippen LogP contribution in [0, 0.1) is 0 Å². The molecular formula is C23H25N3O6. The van der Waals surface area contributed by atoms with Crippen molar-refractivity contribution < 1.29 is 29.0 Å². The first-order valence-electron chi connectivity index (χ1n) is 10.2. The molecule has 0 aliphatic heterocycles. The SMILES string of the molecule is C[C@H](NC(=O)[C@@H](C)NC(=O)OCC1c2ccccc2-c2ccccc21)C(=O)NCC(=O)O. The zero-order chi connectivity index (χ0) is 23.3. The Morgan fingerprint density at radius 1 is 0.875 bits per heavy atom. The van der Waals surface area contributed by atoms with Crippen LogP contribution < -0.4 is 16.0 Å². The fraction of sp³-hybridized carbons (Fsp3) is 0.304. The van der Waals surface area contributed by atoms with Crippen LogP contribution in [0.15, 0.2) is 48.5 Å². The molecule has 1 aliphatic rings. The van der Waals surface area contributed by atoms with Gasteiger partial charge in [0.15, 0.2) is 0 Å². The van der Waals surface area contributed by atoms with Crippen LogP contribution in [0.1, 0.15) is 30.9 Å². The van der Waals surface area contributed by atoms with Gasteiger partial charge in [0.25, 0.3) is 0 Å². The smallest absolute Gasteiger partial charge is 0.407 e. The van der Waals surface area contributed by atoms with Gasteiger partial charge in [-0.05, 0) is 36.1 Å². The summed E-state index contributed by atoms with van der Waals surface area (Å²) in [7, 11) is 0. The molecule has 3 amide bonds. The Kier molecular flexibility index (Phi) is 7.09. The monoisotopic (exact) mass is 439 g/mol. The first-order valence-corrected chi connectivity index (χ1v) is 10.2. The summed E-state index contributed by atoms with van der Waals surface area (Å²) in [6, 6.07) is 14.0. The minimum atomic E-state index is -1.19. The molecule has 0 aromatic heterocycles. The highest BCUT2D eigenvalue weighted by Gasteiger charge is 2.29. The summed E-state index contributed by atoms with van der Waals surface area (Å²) >= 11 is 0. The lowest BCUT2D eigenvalue weighted by Crippen LogP contribution is -2.52. The summed E-state index contributed by atoms with van der Waals surface area (Å²) in [5.41, 5.74) is 4.38. The van der Waals surface area contributed by atoms with E-state index in [0.717, 1.165) is 22.3 Å². The summed E-state index contributed by atoms with van der Waals surface area (Å²) in [6.45, 7) is 2.43. The number of carboxylic acids is 1. The third-order valence-electron chi connectivity index (χ3n) is 5.24. The molecule has 0 heterocycles. The summed E-state index contributed by atoms with van der Waals surface area (Å²) in [4.78, 5) is 46.8. The van der Waals surface area contributed by atoms with E-state index in [-0.39, 0.29) is 12.5 Å². The third kappa shape index (κ3) is 5.23. The highest BCUT2D eigenvalue weighted by Crippen LogP contribution is 2.44. The number of carbonyl (C=O) groups is 4.